The lowest BCUT2D eigenvalue weighted by atomic mass is 10.00. The fourth-order valence-corrected chi connectivity index (χ4v) is 1.92. The van der Waals surface area contributed by atoms with Gasteiger partial charge in [-0.1, -0.05) is 0 Å². The molecule has 1 rings (SSSR count). The van der Waals surface area contributed by atoms with E-state index in [1.165, 1.54) is 0 Å². The average molecular weight is 295 g/mol. The highest BCUT2D eigenvalue weighted by Gasteiger charge is 2.20. The molecule has 0 aliphatic carbocycles. The third kappa shape index (κ3) is 5.93. The minimum Gasteiger partial charge on any atom is -0.494 e. The predicted octanol–water partition coefficient (Wildman–Crippen LogP) is 1.08. The van der Waals surface area contributed by atoms with Crippen LogP contribution in [-0.2, 0) is 4.79 Å². The maximum absolute atomic E-state index is 12.4. The molecule has 6 nitrogen and oxygen atoms in total. The van der Waals surface area contributed by atoms with Gasteiger partial charge in [0.1, 0.15) is 5.75 Å². The van der Waals surface area contributed by atoms with E-state index in [4.69, 9.17) is 14.9 Å². The number of carbonyl (C=O) groups excluding carboxylic acids is 1. The van der Waals surface area contributed by atoms with Crippen molar-refractivity contribution >= 4 is 11.8 Å². The van der Waals surface area contributed by atoms with E-state index in [2.05, 4.69) is 5.32 Å². The average Bonchev–Trinajstić information content (AvgIpc) is 2.47. The molecule has 21 heavy (non-hydrogen) atoms. The number of hydrogen-bond donors (Lipinski definition) is 3. The number of hydrogen-bond acceptors (Lipinski definition) is 5. The predicted molar refractivity (Wildman–Crippen MR) is 77.7 cm³/mol. The Kier molecular flexibility index (Phi) is 7.42. The number of aliphatic carboxylic acids is 1. The van der Waals surface area contributed by atoms with Gasteiger partial charge < -0.3 is 20.3 Å². The molecule has 1 aromatic rings. The molecule has 0 radical (unpaired) electrons. The summed E-state index contributed by atoms with van der Waals surface area (Å²) in [6, 6.07) is 6.10. The number of benzene rings is 1. The first-order valence-electron chi connectivity index (χ1n) is 6.91. The largest absolute Gasteiger partial charge is 0.494 e. The van der Waals surface area contributed by atoms with Crippen molar-refractivity contribution in [1.29, 1.82) is 0 Å². The molecule has 0 heterocycles. The van der Waals surface area contributed by atoms with Crippen molar-refractivity contribution in [2.24, 2.45) is 0 Å². The fourth-order valence-electron chi connectivity index (χ4n) is 1.92. The second kappa shape index (κ2) is 9.10. The van der Waals surface area contributed by atoms with Gasteiger partial charge >= 0.3 is 5.97 Å². The number of carboxylic acids is 1. The zero-order valence-corrected chi connectivity index (χ0v) is 12.0. The van der Waals surface area contributed by atoms with Crippen LogP contribution in [0.3, 0.4) is 0 Å². The summed E-state index contributed by atoms with van der Waals surface area (Å²) in [7, 11) is 0. The number of rotatable bonds is 10. The van der Waals surface area contributed by atoms with Gasteiger partial charge in [-0.2, -0.15) is 0 Å². The van der Waals surface area contributed by atoms with E-state index in [9.17, 15) is 9.59 Å². The van der Waals surface area contributed by atoms with Gasteiger partial charge in [-0.3, -0.25) is 9.59 Å². The van der Waals surface area contributed by atoms with Gasteiger partial charge in [0.25, 0.3) is 0 Å². The van der Waals surface area contributed by atoms with E-state index < -0.39 is 12.0 Å². The highest BCUT2D eigenvalue weighted by molar-refractivity contribution is 6.00. The molecule has 0 aliphatic rings. The summed E-state index contributed by atoms with van der Waals surface area (Å²) in [6.07, 6.45) is 0.0766. The Morgan fingerprint density at radius 2 is 1.95 bits per heavy atom. The topological polar surface area (TPSA) is 95.9 Å². The zero-order valence-electron chi connectivity index (χ0n) is 12.0. The highest BCUT2D eigenvalue weighted by atomic mass is 16.5. The molecule has 0 amide bonds. The van der Waals surface area contributed by atoms with E-state index in [0.717, 1.165) is 0 Å². The number of aliphatic hydroxyl groups is 1. The van der Waals surface area contributed by atoms with E-state index in [-0.39, 0.29) is 31.8 Å². The maximum atomic E-state index is 12.4. The quantitative estimate of drug-likeness (QED) is 0.559. The van der Waals surface area contributed by atoms with Gasteiger partial charge in [0.05, 0.1) is 19.3 Å². The van der Waals surface area contributed by atoms with Crippen LogP contribution in [0.15, 0.2) is 24.3 Å². The van der Waals surface area contributed by atoms with Gasteiger partial charge in [0.15, 0.2) is 5.78 Å². The van der Waals surface area contributed by atoms with Crippen LogP contribution in [0.4, 0.5) is 0 Å². The van der Waals surface area contributed by atoms with Crippen molar-refractivity contribution in [2.75, 3.05) is 19.8 Å². The summed E-state index contributed by atoms with van der Waals surface area (Å²) < 4.78 is 5.31. The fraction of sp³-hybridized carbons (Fsp3) is 0.467. The lowest BCUT2D eigenvalue weighted by molar-refractivity contribution is -0.137. The van der Waals surface area contributed by atoms with Crippen LogP contribution in [0.1, 0.15) is 30.1 Å². The molecule has 0 saturated heterocycles. The number of ketones is 1. The molecule has 0 aromatic heterocycles. The highest BCUT2D eigenvalue weighted by Crippen LogP contribution is 2.15. The Morgan fingerprint density at radius 1 is 1.29 bits per heavy atom. The Hall–Kier alpha value is -1.92. The number of Topliss-reactive ketones (excluding diaryl/α,β-unsaturated/α-hetero) is 1. The van der Waals surface area contributed by atoms with E-state index in [0.29, 0.717) is 17.9 Å². The molecule has 0 saturated carbocycles. The first kappa shape index (κ1) is 17.1. The van der Waals surface area contributed by atoms with Crippen LogP contribution in [-0.4, -0.2) is 47.8 Å². The Morgan fingerprint density at radius 3 is 2.48 bits per heavy atom. The summed E-state index contributed by atoms with van der Waals surface area (Å²) >= 11 is 0. The lowest BCUT2D eigenvalue weighted by Crippen LogP contribution is -2.38. The lowest BCUT2D eigenvalue weighted by Gasteiger charge is -2.16. The Bertz CT molecular complexity index is 458. The minimum atomic E-state index is -0.953. The molecular weight excluding hydrogens is 274 g/mol. The molecule has 1 aromatic carbocycles. The minimum absolute atomic E-state index is 0.105. The molecule has 1 unspecified atom stereocenters. The summed E-state index contributed by atoms with van der Waals surface area (Å²) in [5, 5.41) is 20.4. The number of nitrogens with one attached hydrogen (secondary N) is 1. The first-order chi connectivity index (χ1) is 10.1. The van der Waals surface area contributed by atoms with E-state index in [1.54, 1.807) is 24.3 Å². The summed E-state index contributed by atoms with van der Waals surface area (Å²) in [6.45, 7) is 2.56. The number of ether oxygens (including phenoxy) is 1. The normalized spacial score (nSPS) is 11.9. The molecule has 0 spiro atoms. The van der Waals surface area contributed by atoms with Crippen molar-refractivity contribution in [3.05, 3.63) is 29.8 Å². The third-order valence-corrected chi connectivity index (χ3v) is 2.92. The molecule has 0 fully saturated rings. The summed E-state index contributed by atoms with van der Waals surface area (Å²) in [5.74, 6) is -0.461. The van der Waals surface area contributed by atoms with Crippen molar-refractivity contribution < 1.29 is 24.5 Å². The van der Waals surface area contributed by atoms with Crippen LogP contribution < -0.4 is 10.1 Å². The van der Waals surface area contributed by atoms with Crippen LogP contribution >= 0.6 is 0 Å². The molecule has 116 valence electrons. The monoisotopic (exact) mass is 295 g/mol. The summed E-state index contributed by atoms with van der Waals surface area (Å²) in [4.78, 5) is 23.0. The Balaban J connectivity index is 2.74. The third-order valence-electron chi connectivity index (χ3n) is 2.92. The van der Waals surface area contributed by atoms with Gasteiger partial charge in [-0.15, -0.1) is 0 Å². The molecular formula is C15H21NO5. The Labute approximate surface area is 123 Å². The molecule has 3 N–H and O–H groups in total. The van der Waals surface area contributed by atoms with Gasteiger partial charge in [0, 0.05) is 18.5 Å². The molecule has 0 aliphatic heterocycles. The SMILES string of the molecule is CCOc1ccc(C(=O)C(CCC(=O)O)NCCO)cc1. The number of carboxylic acid groups (broad SMARTS) is 1. The number of aliphatic hydroxyl groups excluding tert-OH is 1. The standard InChI is InChI=1S/C15H21NO5/c1-2-21-12-5-3-11(4-6-12)15(20)13(16-9-10-17)7-8-14(18)19/h3-6,13,16-17H,2,7-10H2,1H3,(H,18,19). The van der Waals surface area contributed by atoms with Crippen LogP contribution in [0.5, 0.6) is 5.75 Å². The van der Waals surface area contributed by atoms with E-state index in [1.807, 2.05) is 6.92 Å². The van der Waals surface area contributed by atoms with Crippen molar-refractivity contribution in [2.45, 2.75) is 25.8 Å². The first-order valence-corrected chi connectivity index (χ1v) is 6.91. The molecule has 6 heteroatoms. The van der Waals surface area contributed by atoms with Crippen LogP contribution in [0.2, 0.25) is 0 Å². The zero-order chi connectivity index (χ0) is 15.7. The second-order valence-corrected chi connectivity index (χ2v) is 4.48. The smallest absolute Gasteiger partial charge is 0.303 e. The van der Waals surface area contributed by atoms with Crippen molar-refractivity contribution in [3.63, 3.8) is 0 Å². The number of carbonyl (C=O) groups is 2. The maximum Gasteiger partial charge on any atom is 0.303 e. The molecule has 1 atom stereocenters. The van der Waals surface area contributed by atoms with E-state index >= 15 is 0 Å². The molecule has 0 bridgehead atoms. The van der Waals surface area contributed by atoms with Gasteiger partial charge in [-0.05, 0) is 37.6 Å². The second-order valence-electron chi connectivity index (χ2n) is 4.48. The van der Waals surface area contributed by atoms with Gasteiger partial charge in [0.2, 0.25) is 0 Å². The summed E-state index contributed by atoms with van der Waals surface area (Å²) in [5.41, 5.74) is 0.485. The van der Waals surface area contributed by atoms with Crippen molar-refractivity contribution in [3.8, 4) is 5.75 Å². The van der Waals surface area contributed by atoms with Crippen LogP contribution in [0.25, 0.3) is 0 Å². The van der Waals surface area contributed by atoms with Crippen LogP contribution in [0, 0.1) is 0 Å². The van der Waals surface area contributed by atoms with Crippen molar-refractivity contribution in [1.82, 2.24) is 5.32 Å². The van der Waals surface area contributed by atoms with Gasteiger partial charge in [-0.25, -0.2) is 0 Å².